The zero-order chi connectivity index (χ0) is 14.0. The van der Waals surface area contributed by atoms with Crippen LogP contribution in [0.3, 0.4) is 0 Å². The Balaban J connectivity index is 1.78. The van der Waals surface area contributed by atoms with Gasteiger partial charge in [0, 0.05) is 16.4 Å². The van der Waals surface area contributed by atoms with E-state index in [1.807, 2.05) is 30.3 Å². The number of benzene rings is 1. The molecule has 0 aliphatic heterocycles. The molecule has 1 nitrogen and oxygen atoms in total. The van der Waals surface area contributed by atoms with Gasteiger partial charge in [-0.2, -0.15) is 0 Å². The molecule has 0 fully saturated rings. The summed E-state index contributed by atoms with van der Waals surface area (Å²) in [5.41, 5.74) is 2.17. The lowest BCUT2D eigenvalue weighted by atomic mass is 10.0. The first-order valence-electron chi connectivity index (χ1n) is 6.91. The second kappa shape index (κ2) is 8.41. The molecular formula is C18H18OS. The van der Waals surface area contributed by atoms with E-state index in [9.17, 15) is 4.21 Å². The quantitative estimate of drug-likeness (QED) is 0.761. The molecule has 1 aliphatic carbocycles. The van der Waals surface area contributed by atoms with E-state index in [2.05, 4.69) is 29.8 Å². The maximum Gasteiger partial charge on any atom is 0.0860 e. The molecule has 2 rings (SSSR count). The molecule has 0 saturated carbocycles. The molecule has 1 unspecified atom stereocenters. The van der Waals surface area contributed by atoms with Gasteiger partial charge >= 0.3 is 0 Å². The lowest BCUT2D eigenvalue weighted by molar-refractivity contribution is 0.687. The van der Waals surface area contributed by atoms with Crippen molar-refractivity contribution in [3.8, 4) is 23.7 Å². The summed E-state index contributed by atoms with van der Waals surface area (Å²) in [6, 6.07) is 9.75. The average molecular weight is 282 g/mol. The Labute approximate surface area is 123 Å². The zero-order valence-electron chi connectivity index (χ0n) is 11.5. The summed E-state index contributed by atoms with van der Waals surface area (Å²) in [5, 5.41) is 0. The fourth-order valence-electron chi connectivity index (χ4n) is 1.97. The maximum absolute atomic E-state index is 11.8. The van der Waals surface area contributed by atoms with Crippen molar-refractivity contribution in [3.63, 3.8) is 0 Å². The lowest BCUT2D eigenvalue weighted by Crippen LogP contribution is -1.99. The van der Waals surface area contributed by atoms with Crippen molar-refractivity contribution in [1.29, 1.82) is 0 Å². The van der Waals surface area contributed by atoms with Crippen LogP contribution in [0.4, 0.5) is 0 Å². The van der Waals surface area contributed by atoms with E-state index in [1.165, 1.54) is 18.4 Å². The summed E-state index contributed by atoms with van der Waals surface area (Å²) in [6.07, 6.45) is 6.91. The van der Waals surface area contributed by atoms with E-state index in [0.29, 0.717) is 11.5 Å². The highest BCUT2D eigenvalue weighted by atomic mass is 32.2. The van der Waals surface area contributed by atoms with Crippen LogP contribution in [-0.2, 0) is 10.8 Å². The molecule has 1 atom stereocenters. The Hall–Kier alpha value is -1.77. The van der Waals surface area contributed by atoms with Gasteiger partial charge in [0.2, 0.25) is 0 Å². The molecule has 2 heteroatoms. The molecular weight excluding hydrogens is 264 g/mol. The Bertz CT molecular complexity index is 606. The highest BCUT2D eigenvalue weighted by molar-refractivity contribution is 7.85. The maximum atomic E-state index is 11.8. The Morgan fingerprint density at radius 3 is 2.45 bits per heavy atom. The molecule has 0 radical (unpaired) electrons. The van der Waals surface area contributed by atoms with Crippen molar-refractivity contribution < 1.29 is 4.21 Å². The SMILES string of the molecule is O=S(CC#CC1=CCCCC1)CC#Cc1ccccc1. The van der Waals surface area contributed by atoms with Crippen molar-refractivity contribution in [1.82, 2.24) is 0 Å². The van der Waals surface area contributed by atoms with Gasteiger partial charge in [-0.15, -0.1) is 0 Å². The minimum absolute atomic E-state index is 0.391. The van der Waals surface area contributed by atoms with Crippen LogP contribution in [0.2, 0.25) is 0 Å². The zero-order valence-corrected chi connectivity index (χ0v) is 12.3. The molecule has 0 amide bonds. The second-order valence-electron chi connectivity index (χ2n) is 4.67. The molecule has 102 valence electrons. The van der Waals surface area contributed by atoms with Crippen molar-refractivity contribution in [2.45, 2.75) is 25.7 Å². The first-order valence-corrected chi connectivity index (χ1v) is 8.40. The van der Waals surface area contributed by atoms with Crippen LogP contribution in [0, 0.1) is 23.7 Å². The molecule has 0 spiro atoms. The van der Waals surface area contributed by atoms with E-state index in [1.54, 1.807) is 0 Å². The van der Waals surface area contributed by atoms with Crippen molar-refractivity contribution >= 4 is 10.8 Å². The van der Waals surface area contributed by atoms with Gasteiger partial charge in [-0.25, -0.2) is 0 Å². The normalized spacial score (nSPS) is 15.1. The highest BCUT2D eigenvalue weighted by Gasteiger charge is 1.99. The average Bonchev–Trinajstić information content (AvgIpc) is 2.49. The summed E-state index contributed by atoms with van der Waals surface area (Å²) in [4.78, 5) is 0. The van der Waals surface area contributed by atoms with Crippen molar-refractivity contribution in [2.75, 3.05) is 11.5 Å². The molecule has 0 aromatic heterocycles. The molecule has 20 heavy (non-hydrogen) atoms. The van der Waals surface area contributed by atoms with Gasteiger partial charge in [0.1, 0.15) is 0 Å². The summed E-state index contributed by atoms with van der Waals surface area (Å²) >= 11 is 0. The molecule has 0 N–H and O–H groups in total. The van der Waals surface area contributed by atoms with E-state index in [0.717, 1.165) is 18.4 Å². The fourth-order valence-corrected chi connectivity index (χ4v) is 2.54. The van der Waals surface area contributed by atoms with Crippen LogP contribution in [0.1, 0.15) is 31.2 Å². The molecule has 0 bridgehead atoms. The minimum Gasteiger partial charge on any atom is -0.258 e. The monoisotopic (exact) mass is 282 g/mol. The first kappa shape index (κ1) is 14.6. The molecule has 1 aliphatic rings. The van der Waals surface area contributed by atoms with Crippen LogP contribution < -0.4 is 0 Å². The third kappa shape index (κ3) is 5.47. The van der Waals surface area contributed by atoms with Crippen LogP contribution in [0.5, 0.6) is 0 Å². The van der Waals surface area contributed by atoms with E-state index in [-0.39, 0.29) is 0 Å². The predicted molar refractivity (Wildman–Crippen MR) is 85.5 cm³/mol. The van der Waals surface area contributed by atoms with E-state index >= 15 is 0 Å². The second-order valence-corrected chi connectivity index (χ2v) is 6.13. The van der Waals surface area contributed by atoms with Crippen molar-refractivity contribution in [2.24, 2.45) is 0 Å². The number of allylic oxidation sites excluding steroid dienone is 2. The predicted octanol–water partition coefficient (Wildman–Crippen LogP) is 3.29. The van der Waals surface area contributed by atoms with Gasteiger partial charge in [-0.1, -0.05) is 48.0 Å². The smallest absolute Gasteiger partial charge is 0.0860 e. The summed E-state index contributed by atoms with van der Waals surface area (Å²) in [6.45, 7) is 0. The number of hydrogen-bond acceptors (Lipinski definition) is 1. The third-order valence-corrected chi connectivity index (χ3v) is 3.95. The molecule has 1 aromatic carbocycles. The molecule has 0 saturated heterocycles. The standard InChI is InChI=1S/C18H18OS/c19-20(15-7-13-17-9-3-1-4-10-17)16-8-14-18-11-5-2-6-12-18/h1,3-4,9-11H,2,5-6,12,15-16H2. The fraction of sp³-hybridized carbons (Fsp3) is 0.333. The van der Waals surface area contributed by atoms with Gasteiger partial charge in [0.05, 0.1) is 11.5 Å². The Kier molecular flexibility index (Phi) is 6.15. The Morgan fingerprint density at radius 1 is 1.00 bits per heavy atom. The first-order chi connectivity index (χ1) is 9.84. The lowest BCUT2D eigenvalue weighted by Gasteiger charge is -2.05. The summed E-state index contributed by atoms with van der Waals surface area (Å²) in [5.74, 6) is 12.9. The van der Waals surface area contributed by atoms with Gasteiger partial charge in [-0.3, -0.25) is 4.21 Å². The number of rotatable bonds is 2. The highest BCUT2D eigenvalue weighted by Crippen LogP contribution is 2.15. The van der Waals surface area contributed by atoms with Crippen LogP contribution in [0.15, 0.2) is 42.0 Å². The van der Waals surface area contributed by atoms with E-state index in [4.69, 9.17) is 0 Å². The topological polar surface area (TPSA) is 17.1 Å². The van der Waals surface area contributed by atoms with Gasteiger partial charge in [0.25, 0.3) is 0 Å². The largest absolute Gasteiger partial charge is 0.258 e. The third-order valence-electron chi connectivity index (χ3n) is 3.01. The van der Waals surface area contributed by atoms with Gasteiger partial charge in [0.15, 0.2) is 0 Å². The van der Waals surface area contributed by atoms with E-state index < -0.39 is 10.8 Å². The molecule has 0 heterocycles. The van der Waals surface area contributed by atoms with Crippen molar-refractivity contribution in [3.05, 3.63) is 47.5 Å². The number of hydrogen-bond donors (Lipinski definition) is 0. The van der Waals surface area contributed by atoms with Crippen LogP contribution in [0.25, 0.3) is 0 Å². The van der Waals surface area contributed by atoms with Crippen LogP contribution in [-0.4, -0.2) is 15.7 Å². The summed E-state index contributed by atoms with van der Waals surface area (Å²) < 4.78 is 11.8. The summed E-state index contributed by atoms with van der Waals surface area (Å²) in [7, 11) is -0.972. The minimum atomic E-state index is -0.972. The van der Waals surface area contributed by atoms with Gasteiger partial charge in [-0.05, 0) is 43.4 Å². The van der Waals surface area contributed by atoms with Gasteiger partial charge < -0.3 is 0 Å². The van der Waals surface area contributed by atoms with Crippen LogP contribution >= 0.6 is 0 Å². The molecule has 1 aromatic rings. The Morgan fingerprint density at radius 2 is 1.75 bits per heavy atom.